The number of rotatable bonds is 6. The molecule has 0 unspecified atom stereocenters. The fourth-order valence-corrected chi connectivity index (χ4v) is 3.07. The molecule has 0 aromatic heterocycles. The lowest BCUT2D eigenvalue weighted by Crippen LogP contribution is -2.12. The Kier molecular flexibility index (Phi) is 5.65. The SMILES string of the molecule is C=CCC1CCC(c2ccc(COCC)cc2)CC1. The van der Waals surface area contributed by atoms with Crippen LogP contribution in [0.3, 0.4) is 0 Å². The molecule has 0 saturated heterocycles. The molecule has 19 heavy (non-hydrogen) atoms. The van der Waals surface area contributed by atoms with Gasteiger partial charge in [0, 0.05) is 6.61 Å². The van der Waals surface area contributed by atoms with Gasteiger partial charge in [-0.1, -0.05) is 30.3 Å². The maximum atomic E-state index is 5.44. The second-order valence-electron chi connectivity index (χ2n) is 5.62. The number of allylic oxidation sites excluding steroid dienone is 1. The van der Waals surface area contributed by atoms with Gasteiger partial charge in [-0.05, 0) is 62.0 Å². The number of ether oxygens (including phenoxy) is 1. The summed E-state index contributed by atoms with van der Waals surface area (Å²) >= 11 is 0. The molecule has 0 amide bonds. The average Bonchev–Trinajstić information content (AvgIpc) is 2.47. The zero-order valence-electron chi connectivity index (χ0n) is 12.1. The molecule has 1 fully saturated rings. The van der Waals surface area contributed by atoms with Gasteiger partial charge in [0.25, 0.3) is 0 Å². The fraction of sp³-hybridized carbons (Fsp3) is 0.556. The Balaban J connectivity index is 1.87. The van der Waals surface area contributed by atoms with E-state index in [9.17, 15) is 0 Å². The van der Waals surface area contributed by atoms with Crippen LogP contribution in [0, 0.1) is 5.92 Å². The average molecular weight is 258 g/mol. The van der Waals surface area contributed by atoms with Crippen molar-refractivity contribution in [3.05, 3.63) is 48.0 Å². The third-order valence-corrected chi connectivity index (χ3v) is 4.27. The van der Waals surface area contributed by atoms with Crippen LogP contribution >= 0.6 is 0 Å². The molecular weight excluding hydrogens is 232 g/mol. The van der Waals surface area contributed by atoms with Crippen LogP contribution < -0.4 is 0 Å². The van der Waals surface area contributed by atoms with Crippen LogP contribution in [0.4, 0.5) is 0 Å². The number of benzene rings is 1. The smallest absolute Gasteiger partial charge is 0.0716 e. The summed E-state index contributed by atoms with van der Waals surface area (Å²) in [7, 11) is 0. The van der Waals surface area contributed by atoms with E-state index in [1.54, 1.807) is 0 Å². The van der Waals surface area contributed by atoms with E-state index in [-0.39, 0.29) is 0 Å². The molecule has 0 N–H and O–H groups in total. The van der Waals surface area contributed by atoms with E-state index in [4.69, 9.17) is 4.74 Å². The summed E-state index contributed by atoms with van der Waals surface area (Å²) in [6, 6.07) is 9.04. The minimum atomic E-state index is 0.739. The van der Waals surface area contributed by atoms with E-state index in [1.807, 2.05) is 6.92 Å². The van der Waals surface area contributed by atoms with Gasteiger partial charge in [0.2, 0.25) is 0 Å². The highest BCUT2D eigenvalue weighted by Gasteiger charge is 2.21. The van der Waals surface area contributed by atoms with Gasteiger partial charge in [-0.25, -0.2) is 0 Å². The van der Waals surface area contributed by atoms with Crippen molar-refractivity contribution in [2.45, 2.75) is 51.6 Å². The third kappa shape index (κ3) is 4.21. The van der Waals surface area contributed by atoms with Crippen LogP contribution in [-0.2, 0) is 11.3 Å². The van der Waals surface area contributed by atoms with E-state index >= 15 is 0 Å². The monoisotopic (exact) mass is 258 g/mol. The largest absolute Gasteiger partial charge is 0.377 e. The molecule has 0 atom stereocenters. The first-order valence-corrected chi connectivity index (χ1v) is 7.61. The van der Waals surface area contributed by atoms with Crippen molar-refractivity contribution in [1.29, 1.82) is 0 Å². The van der Waals surface area contributed by atoms with E-state index < -0.39 is 0 Å². The van der Waals surface area contributed by atoms with E-state index in [1.165, 1.54) is 43.2 Å². The topological polar surface area (TPSA) is 9.23 Å². The number of hydrogen-bond donors (Lipinski definition) is 0. The summed E-state index contributed by atoms with van der Waals surface area (Å²) in [6.45, 7) is 7.42. The van der Waals surface area contributed by atoms with Gasteiger partial charge in [-0.15, -0.1) is 6.58 Å². The van der Waals surface area contributed by atoms with E-state index in [2.05, 4.69) is 36.9 Å². The second kappa shape index (κ2) is 7.49. The van der Waals surface area contributed by atoms with Crippen molar-refractivity contribution in [2.75, 3.05) is 6.61 Å². The Hall–Kier alpha value is -1.08. The lowest BCUT2D eigenvalue weighted by molar-refractivity contribution is 0.134. The molecule has 1 aromatic carbocycles. The zero-order chi connectivity index (χ0) is 13.5. The highest BCUT2D eigenvalue weighted by molar-refractivity contribution is 5.25. The molecule has 0 spiro atoms. The van der Waals surface area contributed by atoms with Gasteiger partial charge in [-0.3, -0.25) is 0 Å². The van der Waals surface area contributed by atoms with Gasteiger partial charge in [0.15, 0.2) is 0 Å². The van der Waals surface area contributed by atoms with Crippen LogP contribution in [0.5, 0.6) is 0 Å². The minimum absolute atomic E-state index is 0.739. The predicted octanol–water partition coefficient (Wildman–Crippen LogP) is 5.07. The predicted molar refractivity (Wildman–Crippen MR) is 81.3 cm³/mol. The van der Waals surface area contributed by atoms with Gasteiger partial charge in [0.05, 0.1) is 6.61 Å². The molecular formula is C18H26O. The van der Waals surface area contributed by atoms with Crippen LogP contribution in [0.1, 0.15) is 56.1 Å². The van der Waals surface area contributed by atoms with Crippen LogP contribution in [0.2, 0.25) is 0 Å². The summed E-state index contributed by atoms with van der Waals surface area (Å²) in [5.74, 6) is 1.65. The lowest BCUT2D eigenvalue weighted by atomic mass is 9.77. The first kappa shape index (κ1) is 14.3. The first-order valence-electron chi connectivity index (χ1n) is 7.61. The van der Waals surface area contributed by atoms with Crippen LogP contribution in [-0.4, -0.2) is 6.61 Å². The second-order valence-corrected chi connectivity index (χ2v) is 5.62. The molecule has 1 heteroatoms. The van der Waals surface area contributed by atoms with Crippen molar-refractivity contribution >= 4 is 0 Å². The maximum Gasteiger partial charge on any atom is 0.0716 e. The fourth-order valence-electron chi connectivity index (χ4n) is 3.07. The molecule has 1 aliphatic rings. The lowest BCUT2D eigenvalue weighted by Gasteiger charge is -2.28. The van der Waals surface area contributed by atoms with Crippen molar-refractivity contribution in [3.8, 4) is 0 Å². The first-order chi connectivity index (χ1) is 9.33. The Bertz CT molecular complexity index is 371. The summed E-state index contributed by atoms with van der Waals surface area (Å²) in [6.07, 6.45) is 8.66. The van der Waals surface area contributed by atoms with Gasteiger partial charge in [0.1, 0.15) is 0 Å². The molecule has 2 rings (SSSR count). The van der Waals surface area contributed by atoms with Gasteiger partial charge >= 0.3 is 0 Å². The molecule has 1 aliphatic carbocycles. The van der Waals surface area contributed by atoms with Crippen LogP contribution in [0.15, 0.2) is 36.9 Å². The van der Waals surface area contributed by atoms with Crippen LogP contribution in [0.25, 0.3) is 0 Å². The molecule has 1 saturated carbocycles. The Morgan fingerprint density at radius 1 is 1.16 bits per heavy atom. The molecule has 1 aromatic rings. The third-order valence-electron chi connectivity index (χ3n) is 4.27. The normalized spacial score (nSPS) is 23.2. The number of hydrogen-bond acceptors (Lipinski definition) is 1. The summed E-state index contributed by atoms with van der Waals surface area (Å²) < 4.78 is 5.44. The summed E-state index contributed by atoms with van der Waals surface area (Å²) in [5.41, 5.74) is 2.79. The Morgan fingerprint density at radius 3 is 2.42 bits per heavy atom. The summed E-state index contributed by atoms with van der Waals surface area (Å²) in [5, 5.41) is 0. The van der Waals surface area contributed by atoms with Crippen molar-refractivity contribution in [2.24, 2.45) is 5.92 Å². The Morgan fingerprint density at radius 2 is 1.84 bits per heavy atom. The van der Waals surface area contributed by atoms with Crippen molar-refractivity contribution < 1.29 is 4.74 Å². The van der Waals surface area contributed by atoms with Crippen molar-refractivity contribution in [3.63, 3.8) is 0 Å². The van der Waals surface area contributed by atoms with Gasteiger partial charge in [-0.2, -0.15) is 0 Å². The van der Waals surface area contributed by atoms with E-state index in [0.717, 1.165) is 25.0 Å². The Labute approximate surface area is 117 Å². The molecule has 104 valence electrons. The van der Waals surface area contributed by atoms with E-state index in [0.29, 0.717) is 0 Å². The maximum absolute atomic E-state index is 5.44. The van der Waals surface area contributed by atoms with Crippen molar-refractivity contribution in [1.82, 2.24) is 0 Å². The minimum Gasteiger partial charge on any atom is -0.377 e. The quantitative estimate of drug-likeness (QED) is 0.647. The highest BCUT2D eigenvalue weighted by Crippen LogP contribution is 2.37. The van der Waals surface area contributed by atoms with Gasteiger partial charge < -0.3 is 4.74 Å². The standard InChI is InChI=1S/C18H26O/c1-3-5-15-6-10-17(11-7-15)18-12-8-16(9-13-18)14-19-4-2/h3,8-9,12-13,15,17H,1,4-7,10-11,14H2,2H3. The molecule has 0 heterocycles. The molecule has 0 aliphatic heterocycles. The molecule has 0 bridgehead atoms. The molecule has 1 nitrogen and oxygen atoms in total. The molecule has 0 radical (unpaired) electrons. The zero-order valence-corrected chi connectivity index (χ0v) is 12.1. The highest BCUT2D eigenvalue weighted by atomic mass is 16.5. The summed E-state index contributed by atoms with van der Waals surface area (Å²) in [4.78, 5) is 0.